The minimum absolute atomic E-state index is 0.454. The normalized spacial score (nSPS) is 35.0. The predicted molar refractivity (Wildman–Crippen MR) is 68.0 cm³/mol. The second-order valence-electron chi connectivity index (χ2n) is 6.77. The summed E-state index contributed by atoms with van der Waals surface area (Å²) in [6, 6.07) is 0.492. The minimum Gasteiger partial charge on any atom is -0.480 e. The second-order valence-corrected chi connectivity index (χ2v) is 6.77. The maximum Gasteiger partial charge on any atom is 0.323 e. The van der Waals surface area contributed by atoms with Crippen LogP contribution in [0.3, 0.4) is 0 Å². The van der Waals surface area contributed by atoms with Crippen molar-refractivity contribution in [1.82, 2.24) is 4.90 Å². The molecule has 2 rings (SSSR count). The molecule has 17 heavy (non-hydrogen) atoms. The molecule has 1 atom stereocenters. The zero-order valence-corrected chi connectivity index (χ0v) is 11.3. The van der Waals surface area contributed by atoms with Crippen molar-refractivity contribution in [3.63, 3.8) is 0 Å². The van der Waals surface area contributed by atoms with Crippen LogP contribution in [0.25, 0.3) is 0 Å². The molecule has 2 aliphatic rings. The van der Waals surface area contributed by atoms with Crippen molar-refractivity contribution in [2.45, 2.75) is 70.9 Å². The highest BCUT2D eigenvalue weighted by Gasteiger charge is 2.47. The largest absolute Gasteiger partial charge is 0.480 e. The van der Waals surface area contributed by atoms with E-state index in [4.69, 9.17) is 0 Å². The molecule has 1 saturated heterocycles. The Morgan fingerprint density at radius 3 is 2.29 bits per heavy atom. The topological polar surface area (TPSA) is 40.5 Å². The van der Waals surface area contributed by atoms with E-state index >= 15 is 0 Å². The van der Waals surface area contributed by atoms with Gasteiger partial charge in [-0.15, -0.1) is 0 Å². The lowest BCUT2D eigenvalue weighted by molar-refractivity contribution is -0.150. The van der Waals surface area contributed by atoms with Crippen LogP contribution in [0.2, 0.25) is 0 Å². The maximum absolute atomic E-state index is 11.5. The summed E-state index contributed by atoms with van der Waals surface area (Å²) < 4.78 is 0. The SMILES string of the molecule is CC1(C)CCC(N2CCCC2(C)C(=O)O)CC1. The molecule has 1 aliphatic heterocycles. The Balaban J connectivity index is 2.06. The van der Waals surface area contributed by atoms with Crippen LogP contribution in [0, 0.1) is 5.41 Å². The summed E-state index contributed by atoms with van der Waals surface area (Å²) in [5, 5.41) is 9.43. The Kier molecular flexibility index (Phi) is 3.23. The molecule has 0 bridgehead atoms. The van der Waals surface area contributed by atoms with Crippen molar-refractivity contribution in [2.75, 3.05) is 6.54 Å². The van der Waals surface area contributed by atoms with Gasteiger partial charge in [0.05, 0.1) is 0 Å². The molecule has 0 aromatic carbocycles. The molecular weight excluding hydrogens is 214 g/mol. The number of hydrogen-bond donors (Lipinski definition) is 1. The van der Waals surface area contributed by atoms with Crippen molar-refractivity contribution < 1.29 is 9.90 Å². The highest BCUT2D eigenvalue weighted by molar-refractivity contribution is 5.78. The number of rotatable bonds is 2. The molecule has 1 unspecified atom stereocenters. The van der Waals surface area contributed by atoms with E-state index < -0.39 is 11.5 Å². The van der Waals surface area contributed by atoms with Gasteiger partial charge in [0.2, 0.25) is 0 Å². The first-order valence-electron chi connectivity index (χ1n) is 6.85. The fourth-order valence-electron chi connectivity index (χ4n) is 3.50. The molecule has 1 saturated carbocycles. The summed E-state index contributed by atoms with van der Waals surface area (Å²) in [6.07, 6.45) is 6.62. The maximum atomic E-state index is 11.5. The van der Waals surface area contributed by atoms with Gasteiger partial charge in [0.1, 0.15) is 5.54 Å². The van der Waals surface area contributed by atoms with Crippen molar-refractivity contribution in [1.29, 1.82) is 0 Å². The first kappa shape index (κ1) is 12.9. The molecule has 3 nitrogen and oxygen atoms in total. The van der Waals surface area contributed by atoms with E-state index in [1.165, 1.54) is 12.8 Å². The molecule has 0 amide bonds. The average molecular weight is 239 g/mol. The highest BCUT2D eigenvalue weighted by Crippen LogP contribution is 2.41. The van der Waals surface area contributed by atoms with Gasteiger partial charge in [-0.3, -0.25) is 9.69 Å². The summed E-state index contributed by atoms with van der Waals surface area (Å²) in [5.74, 6) is -0.639. The number of carbonyl (C=O) groups is 1. The van der Waals surface area contributed by atoms with Crippen molar-refractivity contribution in [2.24, 2.45) is 5.41 Å². The van der Waals surface area contributed by atoms with Gasteiger partial charge in [-0.2, -0.15) is 0 Å². The standard InChI is InChI=1S/C14H25NO2/c1-13(2)8-5-11(6-9-13)15-10-4-7-14(15,3)12(16)17/h11H,4-10H2,1-3H3,(H,16,17). The number of carboxylic acids is 1. The summed E-state index contributed by atoms with van der Waals surface area (Å²) in [7, 11) is 0. The first-order valence-corrected chi connectivity index (χ1v) is 6.85. The number of likely N-dealkylation sites (tertiary alicyclic amines) is 1. The van der Waals surface area contributed by atoms with Gasteiger partial charge in [0.15, 0.2) is 0 Å². The van der Waals surface area contributed by atoms with E-state index in [0.29, 0.717) is 11.5 Å². The van der Waals surface area contributed by atoms with E-state index in [2.05, 4.69) is 18.7 Å². The smallest absolute Gasteiger partial charge is 0.323 e. The van der Waals surface area contributed by atoms with Crippen LogP contribution >= 0.6 is 0 Å². The van der Waals surface area contributed by atoms with Gasteiger partial charge in [0, 0.05) is 6.04 Å². The number of hydrogen-bond acceptors (Lipinski definition) is 2. The van der Waals surface area contributed by atoms with E-state index in [1.54, 1.807) is 0 Å². The molecule has 0 aromatic heterocycles. The molecule has 1 aliphatic carbocycles. The van der Waals surface area contributed by atoms with E-state index in [0.717, 1.165) is 32.2 Å². The fourth-order valence-corrected chi connectivity index (χ4v) is 3.50. The van der Waals surface area contributed by atoms with Gasteiger partial charge in [-0.05, 0) is 57.4 Å². The first-order chi connectivity index (χ1) is 7.85. The zero-order valence-electron chi connectivity index (χ0n) is 11.3. The molecule has 1 heterocycles. The van der Waals surface area contributed by atoms with Gasteiger partial charge < -0.3 is 5.11 Å². The summed E-state index contributed by atoms with van der Waals surface area (Å²) in [6.45, 7) is 7.52. The summed E-state index contributed by atoms with van der Waals surface area (Å²) in [5.41, 5.74) is -0.151. The Bertz CT molecular complexity index is 303. The molecule has 98 valence electrons. The van der Waals surface area contributed by atoms with Crippen LogP contribution in [-0.4, -0.2) is 34.1 Å². The van der Waals surface area contributed by atoms with Crippen LogP contribution < -0.4 is 0 Å². The third-order valence-corrected chi connectivity index (χ3v) is 4.91. The number of nitrogens with zero attached hydrogens (tertiary/aromatic N) is 1. The number of carboxylic acid groups (broad SMARTS) is 1. The lowest BCUT2D eigenvalue weighted by Gasteiger charge is -2.43. The average Bonchev–Trinajstić information content (AvgIpc) is 2.62. The molecule has 2 fully saturated rings. The van der Waals surface area contributed by atoms with Crippen molar-refractivity contribution >= 4 is 5.97 Å². The second kappa shape index (κ2) is 4.27. The van der Waals surface area contributed by atoms with Crippen LogP contribution in [0.15, 0.2) is 0 Å². The van der Waals surface area contributed by atoms with Crippen molar-refractivity contribution in [3.05, 3.63) is 0 Å². The predicted octanol–water partition coefficient (Wildman–Crippen LogP) is 2.89. The van der Waals surface area contributed by atoms with E-state index in [-0.39, 0.29) is 0 Å². The highest BCUT2D eigenvalue weighted by atomic mass is 16.4. The lowest BCUT2D eigenvalue weighted by atomic mass is 9.74. The van der Waals surface area contributed by atoms with Gasteiger partial charge in [-0.25, -0.2) is 0 Å². The Labute approximate surface area is 104 Å². The number of aliphatic carboxylic acids is 1. The lowest BCUT2D eigenvalue weighted by Crippen LogP contribution is -2.53. The monoisotopic (exact) mass is 239 g/mol. The van der Waals surface area contributed by atoms with Crippen LogP contribution in [0.1, 0.15) is 59.3 Å². The molecule has 3 heteroatoms. The Morgan fingerprint density at radius 1 is 1.18 bits per heavy atom. The third-order valence-electron chi connectivity index (χ3n) is 4.91. The van der Waals surface area contributed by atoms with Crippen LogP contribution in [0.5, 0.6) is 0 Å². The van der Waals surface area contributed by atoms with Gasteiger partial charge in [-0.1, -0.05) is 13.8 Å². The van der Waals surface area contributed by atoms with Crippen molar-refractivity contribution in [3.8, 4) is 0 Å². The zero-order chi connectivity index (χ0) is 12.7. The van der Waals surface area contributed by atoms with Crippen LogP contribution in [0.4, 0.5) is 0 Å². The Morgan fingerprint density at radius 2 is 1.76 bits per heavy atom. The van der Waals surface area contributed by atoms with E-state index in [1.807, 2.05) is 6.92 Å². The fraction of sp³-hybridized carbons (Fsp3) is 0.929. The van der Waals surface area contributed by atoms with Gasteiger partial charge >= 0.3 is 5.97 Å². The Hall–Kier alpha value is -0.570. The molecule has 1 N–H and O–H groups in total. The van der Waals surface area contributed by atoms with Crippen LogP contribution in [-0.2, 0) is 4.79 Å². The molecular formula is C14H25NO2. The third kappa shape index (κ3) is 2.35. The van der Waals surface area contributed by atoms with E-state index in [9.17, 15) is 9.90 Å². The molecule has 0 radical (unpaired) electrons. The summed E-state index contributed by atoms with van der Waals surface area (Å²) >= 11 is 0. The molecule has 0 spiro atoms. The molecule has 0 aromatic rings. The summed E-state index contributed by atoms with van der Waals surface area (Å²) in [4.78, 5) is 13.7. The quantitative estimate of drug-likeness (QED) is 0.805. The van der Waals surface area contributed by atoms with Gasteiger partial charge in [0.25, 0.3) is 0 Å². The minimum atomic E-state index is -0.639.